The number of carbonyl (C=O) groups excluding carboxylic acids is 1. The molecule has 8 heteroatoms. The Kier molecular flexibility index (Phi) is 7.59. The number of benzene rings is 2. The summed E-state index contributed by atoms with van der Waals surface area (Å²) < 4.78 is 37.8. The van der Waals surface area contributed by atoms with Gasteiger partial charge in [0.25, 0.3) is 0 Å². The standard InChI is InChI=1S/C24H32N2O5S/c1-24(2,3)31-23(27)26-14-13-21(25-32(28,29)17-30-4)22(26)16-18-9-8-12-20(15-18)19-10-6-5-7-11-19/h5-12,15,21-22,25H,13-14,16-17H2,1-4H3/t21-,22-/m0/s1. The van der Waals surface area contributed by atoms with Crippen LogP contribution < -0.4 is 4.72 Å². The summed E-state index contributed by atoms with van der Waals surface area (Å²) in [5.74, 6) is -0.424. The molecule has 1 heterocycles. The van der Waals surface area contributed by atoms with Crippen LogP contribution >= 0.6 is 0 Å². The summed E-state index contributed by atoms with van der Waals surface area (Å²) in [7, 11) is -2.29. The van der Waals surface area contributed by atoms with E-state index >= 15 is 0 Å². The number of nitrogens with zero attached hydrogens (tertiary/aromatic N) is 1. The fourth-order valence-electron chi connectivity index (χ4n) is 3.96. The molecule has 0 saturated carbocycles. The van der Waals surface area contributed by atoms with Crippen LogP contribution in [0.2, 0.25) is 0 Å². The number of amides is 1. The van der Waals surface area contributed by atoms with Crippen LogP contribution in [0.25, 0.3) is 11.1 Å². The van der Waals surface area contributed by atoms with E-state index in [4.69, 9.17) is 9.47 Å². The highest BCUT2D eigenvalue weighted by molar-refractivity contribution is 7.89. The lowest BCUT2D eigenvalue weighted by Gasteiger charge is -2.31. The van der Waals surface area contributed by atoms with Crippen molar-refractivity contribution in [3.05, 3.63) is 60.2 Å². The Morgan fingerprint density at radius 3 is 2.44 bits per heavy atom. The van der Waals surface area contributed by atoms with Gasteiger partial charge in [-0.1, -0.05) is 54.6 Å². The van der Waals surface area contributed by atoms with Crippen molar-refractivity contribution in [1.82, 2.24) is 9.62 Å². The van der Waals surface area contributed by atoms with Crippen molar-refractivity contribution in [1.29, 1.82) is 0 Å². The van der Waals surface area contributed by atoms with E-state index in [9.17, 15) is 13.2 Å². The Bertz CT molecular complexity index is 1020. The monoisotopic (exact) mass is 460 g/mol. The predicted octanol–water partition coefficient (Wildman–Crippen LogP) is 3.80. The van der Waals surface area contributed by atoms with Crippen molar-refractivity contribution in [3.8, 4) is 11.1 Å². The quantitative estimate of drug-likeness (QED) is 0.679. The molecule has 7 nitrogen and oxygen atoms in total. The van der Waals surface area contributed by atoms with Gasteiger partial charge in [0.1, 0.15) is 5.60 Å². The van der Waals surface area contributed by atoms with E-state index in [0.29, 0.717) is 19.4 Å². The molecule has 1 aliphatic rings. The van der Waals surface area contributed by atoms with E-state index < -0.39 is 33.7 Å². The third-order valence-electron chi connectivity index (χ3n) is 5.26. The first-order valence-corrected chi connectivity index (χ1v) is 12.4. The third kappa shape index (κ3) is 6.54. The Labute approximate surface area is 190 Å². The van der Waals surface area contributed by atoms with Gasteiger partial charge in [0, 0.05) is 19.7 Å². The molecule has 3 rings (SSSR count). The van der Waals surface area contributed by atoms with Gasteiger partial charge < -0.3 is 14.4 Å². The zero-order chi connectivity index (χ0) is 23.4. The van der Waals surface area contributed by atoms with Gasteiger partial charge in [0.15, 0.2) is 5.94 Å². The summed E-state index contributed by atoms with van der Waals surface area (Å²) in [5, 5.41) is 0. The van der Waals surface area contributed by atoms with Gasteiger partial charge in [0.2, 0.25) is 10.0 Å². The first-order chi connectivity index (χ1) is 15.1. The highest BCUT2D eigenvalue weighted by atomic mass is 32.2. The van der Waals surface area contributed by atoms with Crippen LogP contribution in [0.1, 0.15) is 32.8 Å². The Morgan fingerprint density at radius 2 is 1.78 bits per heavy atom. The topological polar surface area (TPSA) is 84.9 Å². The highest BCUT2D eigenvalue weighted by Crippen LogP contribution is 2.27. The molecule has 1 aliphatic heterocycles. The minimum Gasteiger partial charge on any atom is -0.444 e. The van der Waals surface area contributed by atoms with Crippen molar-refractivity contribution < 1.29 is 22.7 Å². The second-order valence-corrected chi connectivity index (χ2v) is 10.7. The van der Waals surface area contributed by atoms with Crippen molar-refractivity contribution in [2.24, 2.45) is 0 Å². The number of hydrogen-bond donors (Lipinski definition) is 1. The molecule has 0 bridgehead atoms. The van der Waals surface area contributed by atoms with Crippen molar-refractivity contribution in [2.75, 3.05) is 19.6 Å². The lowest BCUT2D eigenvalue weighted by Crippen LogP contribution is -2.49. The molecule has 32 heavy (non-hydrogen) atoms. The zero-order valence-electron chi connectivity index (χ0n) is 19.1. The minimum atomic E-state index is -3.63. The van der Waals surface area contributed by atoms with Crippen molar-refractivity contribution in [3.63, 3.8) is 0 Å². The van der Waals surface area contributed by atoms with Gasteiger partial charge >= 0.3 is 6.09 Å². The van der Waals surface area contributed by atoms with Crippen LogP contribution in [-0.4, -0.2) is 56.7 Å². The van der Waals surface area contributed by atoms with Gasteiger partial charge in [-0.2, -0.15) is 0 Å². The van der Waals surface area contributed by atoms with Crippen LogP contribution in [0.5, 0.6) is 0 Å². The summed E-state index contributed by atoms with van der Waals surface area (Å²) >= 11 is 0. The molecule has 1 N–H and O–H groups in total. The summed E-state index contributed by atoms with van der Waals surface area (Å²) in [4.78, 5) is 14.5. The summed E-state index contributed by atoms with van der Waals surface area (Å²) in [6.45, 7) is 5.87. The van der Waals surface area contributed by atoms with Crippen LogP contribution in [0.15, 0.2) is 54.6 Å². The number of sulfonamides is 1. The summed E-state index contributed by atoms with van der Waals surface area (Å²) in [6.07, 6.45) is 0.570. The number of nitrogens with one attached hydrogen (secondary N) is 1. The number of rotatable bonds is 7. The third-order valence-corrected chi connectivity index (χ3v) is 6.46. The lowest BCUT2D eigenvalue weighted by atomic mass is 9.97. The smallest absolute Gasteiger partial charge is 0.410 e. The molecule has 0 radical (unpaired) electrons. The lowest BCUT2D eigenvalue weighted by molar-refractivity contribution is 0.0218. The molecule has 2 atom stereocenters. The largest absolute Gasteiger partial charge is 0.444 e. The molecule has 174 valence electrons. The molecular weight excluding hydrogens is 428 g/mol. The first kappa shape index (κ1) is 24.2. The van der Waals surface area contributed by atoms with Gasteiger partial charge in [-0.25, -0.2) is 17.9 Å². The van der Waals surface area contributed by atoms with Crippen LogP contribution in [0, 0.1) is 0 Å². The van der Waals surface area contributed by atoms with E-state index in [-0.39, 0.29) is 6.04 Å². The van der Waals surface area contributed by atoms with Gasteiger partial charge in [-0.3, -0.25) is 0 Å². The molecule has 1 amide bonds. The molecule has 1 saturated heterocycles. The molecule has 0 aliphatic carbocycles. The number of likely N-dealkylation sites (tertiary alicyclic amines) is 1. The molecule has 0 unspecified atom stereocenters. The highest BCUT2D eigenvalue weighted by Gasteiger charge is 2.40. The number of carbonyl (C=O) groups is 1. The van der Waals surface area contributed by atoms with Crippen LogP contribution in [0.4, 0.5) is 4.79 Å². The average molecular weight is 461 g/mol. The molecule has 2 aromatic rings. The van der Waals surface area contributed by atoms with E-state index in [0.717, 1.165) is 16.7 Å². The summed E-state index contributed by atoms with van der Waals surface area (Å²) in [6, 6.07) is 17.3. The zero-order valence-corrected chi connectivity index (χ0v) is 19.9. The first-order valence-electron chi connectivity index (χ1n) is 10.7. The van der Waals surface area contributed by atoms with Gasteiger partial charge in [-0.15, -0.1) is 0 Å². The minimum absolute atomic E-state index is 0.373. The number of ether oxygens (including phenoxy) is 2. The maximum atomic E-state index is 12.9. The summed E-state index contributed by atoms with van der Waals surface area (Å²) in [5.41, 5.74) is 2.55. The Hall–Kier alpha value is -2.42. The molecule has 0 aromatic heterocycles. The molecule has 0 spiro atoms. The van der Waals surface area contributed by atoms with E-state index in [1.54, 1.807) is 4.90 Å². The maximum absolute atomic E-state index is 12.9. The Balaban J connectivity index is 1.87. The fourth-order valence-corrected chi connectivity index (χ4v) is 5.08. The van der Waals surface area contributed by atoms with Crippen molar-refractivity contribution >= 4 is 16.1 Å². The molecule has 2 aromatic carbocycles. The van der Waals surface area contributed by atoms with E-state index in [1.165, 1.54) is 7.11 Å². The van der Waals surface area contributed by atoms with Gasteiger partial charge in [0.05, 0.1) is 6.04 Å². The van der Waals surface area contributed by atoms with Crippen LogP contribution in [0.3, 0.4) is 0 Å². The predicted molar refractivity (Wildman–Crippen MR) is 125 cm³/mol. The van der Waals surface area contributed by atoms with Gasteiger partial charge in [-0.05, 0) is 50.3 Å². The fraction of sp³-hybridized carbons (Fsp3) is 0.458. The normalized spacial score (nSPS) is 19.2. The average Bonchev–Trinajstić information content (AvgIpc) is 3.09. The van der Waals surface area contributed by atoms with E-state index in [1.807, 2.05) is 69.3 Å². The SMILES string of the molecule is COCS(=O)(=O)N[C@H]1CCN(C(=O)OC(C)(C)C)[C@H]1Cc1cccc(-c2ccccc2)c1. The molecule has 1 fully saturated rings. The number of hydrogen-bond acceptors (Lipinski definition) is 5. The Morgan fingerprint density at radius 1 is 1.09 bits per heavy atom. The maximum Gasteiger partial charge on any atom is 0.410 e. The van der Waals surface area contributed by atoms with Crippen molar-refractivity contribution in [2.45, 2.75) is 51.3 Å². The van der Waals surface area contributed by atoms with Crippen LogP contribution in [-0.2, 0) is 25.9 Å². The molecular formula is C24H32N2O5S. The van der Waals surface area contributed by atoms with E-state index in [2.05, 4.69) is 10.8 Å². The number of methoxy groups -OCH3 is 1. The second-order valence-electron chi connectivity index (χ2n) is 9.05. The second kappa shape index (κ2) is 10.0.